The molecule has 27 heavy (non-hydrogen) atoms. The van der Waals surface area contributed by atoms with Gasteiger partial charge in [0.15, 0.2) is 0 Å². The number of primary amides is 1. The van der Waals surface area contributed by atoms with Gasteiger partial charge in [-0.25, -0.2) is 4.98 Å². The highest BCUT2D eigenvalue weighted by Gasteiger charge is 2.34. The summed E-state index contributed by atoms with van der Waals surface area (Å²) in [5.41, 5.74) is 4.79. The van der Waals surface area contributed by atoms with E-state index < -0.39 is 23.7 Å². The topological polar surface area (TPSA) is 103 Å². The van der Waals surface area contributed by atoms with Gasteiger partial charge in [-0.2, -0.15) is 18.3 Å². The molecule has 0 bridgehead atoms. The van der Waals surface area contributed by atoms with Crippen LogP contribution in [0.4, 0.5) is 18.9 Å². The number of aromatic nitrogens is 3. The molecule has 2 amide bonds. The monoisotopic (exact) mass is 397 g/mol. The first kappa shape index (κ1) is 18.8. The molecule has 3 aromatic heterocycles. The summed E-state index contributed by atoms with van der Waals surface area (Å²) in [6, 6.07) is 2.36. The number of nitrogens with two attached hydrogens (primary N) is 1. The van der Waals surface area contributed by atoms with Crippen LogP contribution in [-0.2, 0) is 12.7 Å². The molecule has 0 aliphatic rings. The lowest BCUT2D eigenvalue weighted by Gasteiger charge is -2.10. The average molecular weight is 397 g/mol. The number of nitrogens with one attached hydrogen (secondary N) is 1. The highest BCUT2D eigenvalue weighted by atomic mass is 32.1. The van der Waals surface area contributed by atoms with Crippen LogP contribution in [0.5, 0.6) is 0 Å². The second-order valence-corrected chi connectivity index (χ2v) is 6.66. The fourth-order valence-corrected chi connectivity index (χ4v) is 3.73. The molecule has 3 aromatic rings. The number of nitrogens with zero attached hydrogens (tertiary/aromatic N) is 3. The third-order valence-corrected chi connectivity index (χ3v) is 4.96. The van der Waals surface area contributed by atoms with Crippen LogP contribution in [0.3, 0.4) is 0 Å². The second kappa shape index (κ2) is 6.65. The van der Waals surface area contributed by atoms with E-state index in [0.29, 0.717) is 17.9 Å². The number of aryl methyl sites for hydroxylation is 2. The van der Waals surface area contributed by atoms with Crippen molar-refractivity contribution in [2.24, 2.45) is 5.73 Å². The molecule has 142 valence electrons. The van der Waals surface area contributed by atoms with E-state index in [0.717, 1.165) is 6.07 Å². The predicted octanol–water partition coefficient (Wildman–Crippen LogP) is 3.19. The van der Waals surface area contributed by atoms with Crippen LogP contribution in [-0.4, -0.2) is 26.6 Å². The van der Waals surface area contributed by atoms with Gasteiger partial charge in [0.1, 0.15) is 21.1 Å². The molecule has 0 saturated heterocycles. The summed E-state index contributed by atoms with van der Waals surface area (Å²) in [5.74, 6) is -1.43. The molecule has 0 saturated carbocycles. The third-order valence-electron chi connectivity index (χ3n) is 3.86. The molecule has 0 aliphatic heterocycles. The first-order chi connectivity index (χ1) is 12.6. The lowest BCUT2D eigenvalue weighted by Crippen LogP contribution is -2.20. The van der Waals surface area contributed by atoms with Crippen molar-refractivity contribution in [1.82, 2.24) is 14.8 Å². The zero-order valence-corrected chi connectivity index (χ0v) is 15.0. The standard InChI is InChI=1S/C16H14F3N5O2S/c1-3-24-8(4-5-21-24)14(26)23-11-10-7(2)6-9(16(17,18)19)22-15(10)27-12(11)13(20)25/h4-6H,3H2,1-2H3,(H2,20,25)(H,23,26). The van der Waals surface area contributed by atoms with Crippen molar-refractivity contribution in [2.75, 3.05) is 5.32 Å². The Morgan fingerprint density at radius 2 is 2.07 bits per heavy atom. The number of amides is 2. The van der Waals surface area contributed by atoms with E-state index in [4.69, 9.17) is 5.73 Å². The molecule has 0 radical (unpaired) electrons. The maximum absolute atomic E-state index is 13.0. The number of rotatable bonds is 4. The second-order valence-electron chi connectivity index (χ2n) is 5.66. The van der Waals surface area contributed by atoms with Gasteiger partial charge in [0, 0.05) is 18.1 Å². The molecule has 0 unspecified atom stereocenters. The molecule has 0 aliphatic carbocycles. The van der Waals surface area contributed by atoms with E-state index in [9.17, 15) is 22.8 Å². The van der Waals surface area contributed by atoms with E-state index in [2.05, 4.69) is 15.4 Å². The minimum atomic E-state index is -4.63. The Morgan fingerprint density at radius 3 is 2.67 bits per heavy atom. The largest absolute Gasteiger partial charge is 0.433 e. The number of anilines is 1. The molecule has 0 atom stereocenters. The van der Waals surface area contributed by atoms with Gasteiger partial charge in [0.25, 0.3) is 11.8 Å². The minimum absolute atomic E-state index is 0.0320. The fraction of sp³-hybridized carbons (Fsp3) is 0.250. The first-order valence-corrected chi connectivity index (χ1v) is 8.59. The number of halogens is 3. The summed E-state index contributed by atoms with van der Waals surface area (Å²) < 4.78 is 40.5. The molecular weight excluding hydrogens is 383 g/mol. The number of thiophene rings is 1. The van der Waals surface area contributed by atoms with Crippen LogP contribution < -0.4 is 11.1 Å². The molecule has 0 fully saturated rings. The molecule has 0 aromatic carbocycles. The van der Waals surface area contributed by atoms with E-state index in [1.54, 1.807) is 6.92 Å². The Hall–Kier alpha value is -2.95. The Morgan fingerprint density at radius 1 is 1.37 bits per heavy atom. The molecule has 3 rings (SSSR count). The molecule has 11 heteroatoms. The smallest absolute Gasteiger partial charge is 0.365 e. The first-order valence-electron chi connectivity index (χ1n) is 7.77. The van der Waals surface area contributed by atoms with E-state index in [1.165, 1.54) is 23.9 Å². The number of fused-ring (bicyclic) bond motifs is 1. The predicted molar refractivity (Wildman–Crippen MR) is 93.7 cm³/mol. The normalized spacial score (nSPS) is 11.7. The van der Waals surface area contributed by atoms with Crippen LogP contribution in [0.15, 0.2) is 18.3 Å². The zero-order valence-electron chi connectivity index (χ0n) is 14.2. The molecule has 0 spiro atoms. The Labute approximate surface area is 155 Å². The van der Waals surface area contributed by atoms with E-state index >= 15 is 0 Å². The van der Waals surface area contributed by atoms with Crippen molar-refractivity contribution in [3.63, 3.8) is 0 Å². The van der Waals surface area contributed by atoms with Crippen LogP contribution in [0.2, 0.25) is 0 Å². The summed E-state index contributed by atoms with van der Waals surface area (Å²) >= 11 is 0.703. The van der Waals surface area contributed by atoms with Crippen LogP contribution >= 0.6 is 11.3 Å². The quantitative estimate of drug-likeness (QED) is 0.706. The van der Waals surface area contributed by atoms with Gasteiger partial charge < -0.3 is 11.1 Å². The van der Waals surface area contributed by atoms with E-state index in [1.807, 2.05) is 0 Å². The summed E-state index contributed by atoms with van der Waals surface area (Å²) in [7, 11) is 0. The van der Waals surface area contributed by atoms with Gasteiger partial charge in [-0.15, -0.1) is 11.3 Å². The Balaban J connectivity index is 2.15. The number of alkyl halides is 3. The third kappa shape index (κ3) is 3.37. The maximum Gasteiger partial charge on any atom is 0.433 e. The summed E-state index contributed by atoms with van der Waals surface area (Å²) in [6.45, 7) is 3.69. The number of pyridine rings is 1. The van der Waals surface area contributed by atoms with Gasteiger partial charge in [-0.1, -0.05) is 0 Å². The highest BCUT2D eigenvalue weighted by molar-refractivity contribution is 7.21. The number of hydrogen-bond donors (Lipinski definition) is 2. The van der Waals surface area contributed by atoms with Crippen molar-refractivity contribution in [2.45, 2.75) is 26.6 Å². The van der Waals surface area contributed by atoms with Crippen molar-refractivity contribution >= 4 is 39.1 Å². The van der Waals surface area contributed by atoms with Crippen LogP contribution in [0.25, 0.3) is 10.2 Å². The molecular formula is C16H14F3N5O2S. The van der Waals surface area contributed by atoms with Gasteiger partial charge in [-0.3, -0.25) is 14.3 Å². The van der Waals surface area contributed by atoms with Gasteiger partial charge >= 0.3 is 6.18 Å². The highest BCUT2D eigenvalue weighted by Crippen LogP contribution is 2.39. The minimum Gasteiger partial charge on any atom is -0.365 e. The summed E-state index contributed by atoms with van der Waals surface area (Å²) in [6.07, 6.45) is -3.19. The Kier molecular flexibility index (Phi) is 4.64. The maximum atomic E-state index is 13.0. The fourth-order valence-electron chi connectivity index (χ4n) is 2.68. The number of hydrogen-bond acceptors (Lipinski definition) is 5. The summed E-state index contributed by atoms with van der Waals surface area (Å²) in [5, 5.41) is 6.82. The van der Waals surface area contributed by atoms with Crippen molar-refractivity contribution in [3.05, 3.63) is 40.2 Å². The lowest BCUT2D eigenvalue weighted by molar-refractivity contribution is -0.141. The SMILES string of the molecule is CCn1nccc1C(=O)Nc1c(C(N)=O)sc2nc(C(F)(F)F)cc(C)c12. The molecule has 3 heterocycles. The van der Waals surface area contributed by atoms with Gasteiger partial charge in [0.2, 0.25) is 0 Å². The zero-order chi connectivity index (χ0) is 19.9. The van der Waals surface area contributed by atoms with Crippen LogP contribution in [0.1, 0.15) is 38.3 Å². The average Bonchev–Trinajstić information content (AvgIpc) is 3.18. The number of carbonyl (C=O) groups excluding carboxylic acids is 2. The Bertz CT molecular complexity index is 1050. The van der Waals surface area contributed by atoms with Crippen molar-refractivity contribution in [1.29, 1.82) is 0 Å². The lowest BCUT2D eigenvalue weighted by atomic mass is 10.1. The molecule has 3 N–H and O–H groups in total. The van der Waals surface area contributed by atoms with Gasteiger partial charge in [0.05, 0.1) is 5.69 Å². The van der Waals surface area contributed by atoms with E-state index in [-0.39, 0.29) is 32.0 Å². The van der Waals surface area contributed by atoms with Crippen molar-refractivity contribution < 1.29 is 22.8 Å². The number of carbonyl (C=O) groups is 2. The van der Waals surface area contributed by atoms with Crippen LogP contribution in [0, 0.1) is 6.92 Å². The van der Waals surface area contributed by atoms with Crippen molar-refractivity contribution in [3.8, 4) is 0 Å². The van der Waals surface area contributed by atoms with Gasteiger partial charge in [-0.05, 0) is 31.5 Å². The summed E-state index contributed by atoms with van der Waals surface area (Å²) in [4.78, 5) is 27.9. The molecule has 7 nitrogen and oxygen atoms in total.